The number of nitrogens with zero attached hydrogens (tertiary/aromatic N) is 4. The van der Waals surface area contributed by atoms with Crippen molar-refractivity contribution in [3.63, 3.8) is 0 Å². The monoisotopic (exact) mass is 485 g/mol. The summed E-state index contributed by atoms with van der Waals surface area (Å²) >= 11 is 0. The summed E-state index contributed by atoms with van der Waals surface area (Å²) < 4.78 is 31.8. The third kappa shape index (κ3) is 5.16. The van der Waals surface area contributed by atoms with Gasteiger partial charge in [0.05, 0.1) is 4.90 Å². The Kier molecular flexibility index (Phi) is 6.28. The molecule has 1 aliphatic heterocycles. The van der Waals surface area contributed by atoms with Crippen LogP contribution in [0.3, 0.4) is 0 Å². The van der Waals surface area contributed by atoms with Crippen molar-refractivity contribution >= 4 is 26.9 Å². The molecule has 2 amide bonds. The molecule has 2 aromatic heterocycles. The number of hydrogen-bond donors (Lipinski definition) is 1. The van der Waals surface area contributed by atoms with Crippen LogP contribution in [0.2, 0.25) is 0 Å². The molecule has 0 saturated carbocycles. The molecule has 34 heavy (non-hydrogen) atoms. The average Bonchev–Trinajstić information content (AvgIpc) is 3.10. The number of carbonyl (C=O) groups excluding carboxylic acids is 1. The summed E-state index contributed by atoms with van der Waals surface area (Å²) in [5.74, 6) is 0.504. The zero-order valence-corrected chi connectivity index (χ0v) is 21.0. The van der Waals surface area contributed by atoms with E-state index in [2.05, 4.69) is 15.3 Å². The fourth-order valence-corrected chi connectivity index (χ4v) is 4.74. The second-order valence-corrected chi connectivity index (χ2v) is 11.8. The van der Waals surface area contributed by atoms with Gasteiger partial charge in [-0.3, -0.25) is 0 Å². The van der Waals surface area contributed by atoms with Gasteiger partial charge in [-0.2, -0.15) is 4.98 Å². The fourth-order valence-electron chi connectivity index (χ4n) is 4.11. The number of hydrogen-bond acceptors (Lipinski definition) is 6. The van der Waals surface area contributed by atoms with Crippen molar-refractivity contribution in [3.8, 4) is 17.0 Å². The second-order valence-electron chi connectivity index (χ2n) is 9.81. The number of carbonyl (C=O) groups is 1. The number of likely N-dealkylation sites (tertiary alicyclic amines) is 1. The van der Waals surface area contributed by atoms with Gasteiger partial charge in [0.1, 0.15) is 23.5 Å². The smallest absolute Gasteiger partial charge is 0.317 e. The third-order valence-corrected chi connectivity index (χ3v) is 6.93. The van der Waals surface area contributed by atoms with Crippen LogP contribution in [-0.2, 0) is 16.9 Å². The van der Waals surface area contributed by atoms with Gasteiger partial charge in [-0.1, -0.05) is 12.1 Å². The Hall–Kier alpha value is -3.14. The largest absolute Gasteiger partial charge is 0.473 e. The first kappa shape index (κ1) is 24.0. The lowest BCUT2D eigenvalue weighted by Crippen LogP contribution is -2.51. The van der Waals surface area contributed by atoms with E-state index in [4.69, 9.17) is 4.74 Å². The Morgan fingerprint density at radius 3 is 2.35 bits per heavy atom. The molecule has 10 heteroatoms. The molecule has 0 aliphatic carbocycles. The van der Waals surface area contributed by atoms with Crippen LogP contribution < -0.4 is 10.1 Å². The highest BCUT2D eigenvalue weighted by molar-refractivity contribution is 7.90. The lowest BCUT2D eigenvalue weighted by molar-refractivity contribution is 0.106. The van der Waals surface area contributed by atoms with E-state index in [0.717, 1.165) is 22.2 Å². The molecule has 0 unspecified atom stereocenters. The highest BCUT2D eigenvalue weighted by Crippen LogP contribution is 2.34. The van der Waals surface area contributed by atoms with Gasteiger partial charge in [0.2, 0.25) is 5.88 Å². The van der Waals surface area contributed by atoms with E-state index >= 15 is 0 Å². The second kappa shape index (κ2) is 8.90. The van der Waals surface area contributed by atoms with Gasteiger partial charge in [0.25, 0.3) is 0 Å². The molecule has 0 spiro atoms. The van der Waals surface area contributed by atoms with Crippen LogP contribution in [-0.4, -0.2) is 64.9 Å². The quantitative estimate of drug-likeness (QED) is 0.607. The minimum atomic E-state index is -3.26. The highest BCUT2D eigenvalue weighted by Gasteiger charge is 2.27. The number of sulfone groups is 1. The molecule has 1 aliphatic rings. The van der Waals surface area contributed by atoms with Gasteiger partial charge < -0.3 is 19.5 Å². The zero-order chi connectivity index (χ0) is 24.7. The summed E-state index contributed by atoms with van der Waals surface area (Å²) in [6.45, 7) is 7.14. The van der Waals surface area contributed by atoms with Crippen molar-refractivity contribution in [3.05, 3.63) is 36.8 Å². The van der Waals surface area contributed by atoms with E-state index < -0.39 is 9.84 Å². The van der Waals surface area contributed by atoms with Gasteiger partial charge in [0.15, 0.2) is 9.84 Å². The van der Waals surface area contributed by atoms with Crippen LogP contribution >= 0.6 is 0 Å². The third-order valence-electron chi connectivity index (χ3n) is 5.80. The fraction of sp³-hybridized carbons (Fsp3) is 0.458. The molecule has 1 fully saturated rings. The Morgan fingerprint density at radius 1 is 1.12 bits per heavy atom. The minimum Gasteiger partial charge on any atom is -0.473 e. The normalized spacial score (nSPS) is 15.5. The van der Waals surface area contributed by atoms with E-state index in [1.54, 1.807) is 24.3 Å². The Morgan fingerprint density at radius 2 is 1.76 bits per heavy atom. The summed E-state index contributed by atoms with van der Waals surface area (Å²) in [4.78, 5) is 23.4. The Labute approximate surface area is 200 Å². The summed E-state index contributed by atoms with van der Waals surface area (Å²) in [7, 11) is -1.35. The number of urea groups is 1. The number of rotatable bonds is 4. The summed E-state index contributed by atoms with van der Waals surface area (Å²) in [6, 6.07) is 6.72. The number of amides is 2. The first-order valence-electron chi connectivity index (χ1n) is 11.3. The molecule has 182 valence electrons. The van der Waals surface area contributed by atoms with E-state index in [0.29, 0.717) is 31.8 Å². The number of aryl methyl sites for hydroxylation is 1. The minimum absolute atomic E-state index is 0.0515. The molecule has 9 nitrogen and oxygen atoms in total. The first-order valence-corrected chi connectivity index (χ1v) is 13.2. The van der Waals surface area contributed by atoms with Crippen LogP contribution in [0.4, 0.5) is 4.79 Å². The maximum absolute atomic E-state index is 12.4. The highest BCUT2D eigenvalue weighted by atomic mass is 32.2. The number of benzene rings is 1. The van der Waals surface area contributed by atoms with Crippen molar-refractivity contribution in [2.75, 3.05) is 19.3 Å². The Balaban J connectivity index is 1.52. The van der Waals surface area contributed by atoms with Gasteiger partial charge in [-0.25, -0.2) is 18.2 Å². The number of nitrogens with one attached hydrogen (secondary N) is 1. The standard InChI is InChI=1S/C24H31N5O4S/c1-24(2,3)27-23(30)29-12-10-17(11-13-29)33-22-21-20(25-15-26-22)19(14-28(21)4)16-6-8-18(9-7-16)34(5,31)32/h6-9,14-15,17H,10-13H2,1-5H3,(H,27,30). The first-order chi connectivity index (χ1) is 15.9. The molecule has 3 aromatic rings. The maximum Gasteiger partial charge on any atom is 0.317 e. The van der Waals surface area contributed by atoms with Crippen LogP contribution in [0, 0.1) is 0 Å². The van der Waals surface area contributed by atoms with Crippen molar-refractivity contribution in [1.29, 1.82) is 0 Å². The van der Waals surface area contributed by atoms with Gasteiger partial charge in [-0.15, -0.1) is 0 Å². The lowest BCUT2D eigenvalue weighted by Gasteiger charge is -2.34. The predicted octanol–water partition coefficient (Wildman–Crippen LogP) is 3.39. The van der Waals surface area contributed by atoms with Crippen LogP contribution in [0.15, 0.2) is 41.7 Å². The van der Waals surface area contributed by atoms with Crippen molar-refractivity contribution in [1.82, 2.24) is 24.8 Å². The van der Waals surface area contributed by atoms with Crippen LogP contribution in [0.1, 0.15) is 33.6 Å². The molecular weight excluding hydrogens is 454 g/mol. The molecule has 1 N–H and O–H groups in total. The summed E-state index contributed by atoms with van der Waals surface area (Å²) in [6.07, 6.45) is 6.00. The molecule has 0 bridgehead atoms. The molecule has 1 saturated heterocycles. The zero-order valence-electron chi connectivity index (χ0n) is 20.2. The number of fused-ring (bicyclic) bond motifs is 1. The molecule has 4 rings (SSSR count). The average molecular weight is 486 g/mol. The van der Waals surface area contributed by atoms with Crippen molar-refractivity contribution < 1.29 is 17.9 Å². The van der Waals surface area contributed by atoms with E-state index in [9.17, 15) is 13.2 Å². The van der Waals surface area contributed by atoms with Crippen LogP contribution in [0.5, 0.6) is 5.88 Å². The lowest BCUT2D eigenvalue weighted by atomic mass is 10.1. The van der Waals surface area contributed by atoms with E-state index in [-0.39, 0.29) is 22.6 Å². The molecule has 1 aromatic carbocycles. The summed E-state index contributed by atoms with van der Waals surface area (Å²) in [5.41, 5.74) is 2.98. The molecule has 3 heterocycles. The van der Waals surface area contributed by atoms with E-state index in [1.165, 1.54) is 12.6 Å². The predicted molar refractivity (Wildman–Crippen MR) is 131 cm³/mol. The summed E-state index contributed by atoms with van der Waals surface area (Å²) in [5, 5.41) is 3.00. The Bertz CT molecular complexity index is 1300. The molecule has 0 radical (unpaired) electrons. The van der Waals surface area contributed by atoms with Crippen LogP contribution in [0.25, 0.3) is 22.2 Å². The number of piperidine rings is 1. The van der Waals surface area contributed by atoms with E-state index in [1.807, 2.05) is 43.5 Å². The number of aromatic nitrogens is 3. The van der Waals surface area contributed by atoms with Gasteiger partial charge in [0, 0.05) is 56.5 Å². The SMILES string of the molecule is Cn1cc(-c2ccc(S(C)(=O)=O)cc2)c2ncnc(OC3CCN(C(=O)NC(C)(C)C)CC3)c21. The van der Waals surface area contributed by atoms with Gasteiger partial charge >= 0.3 is 6.03 Å². The van der Waals surface area contributed by atoms with Crippen molar-refractivity contribution in [2.24, 2.45) is 7.05 Å². The maximum atomic E-state index is 12.4. The topological polar surface area (TPSA) is 106 Å². The van der Waals surface area contributed by atoms with Gasteiger partial charge in [-0.05, 0) is 38.5 Å². The molecule has 0 atom stereocenters. The number of ether oxygens (including phenoxy) is 1. The van der Waals surface area contributed by atoms with Crippen molar-refractivity contribution in [2.45, 2.75) is 50.2 Å². The molecular formula is C24H31N5O4S.